The van der Waals surface area contributed by atoms with Gasteiger partial charge in [0.1, 0.15) is 5.82 Å². The molecule has 0 saturated heterocycles. The summed E-state index contributed by atoms with van der Waals surface area (Å²) in [6.07, 6.45) is -0.248. The molecule has 6 nitrogen and oxygen atoms in total. The van der Waals surface area contributed by atoms with Crippen molar-refractivity contribution in [1.82, 2.24) is 10.2 Å². The van der Waals surface area contributed by atoms with Crippen LogP contribution >= 0.6 is 0 Å². The fraction of sp³-hybridized carbons (Fsp3) is 0.114. The van der Waals surface area contributed by atoms with Crippen molar-refractivity contribution in [2.75, 3.05) is 6.54 Å². The quantitative estimate of drug-likeness (QED) is 0.199. The number of halogens is 1. The van der Waals surface area contributed by atoms with E-state index in [0.29, 0.717) is 34.4 Å². The fourth-order valence-corrected chi connectivity index (χ4v) is 5.00. The van der Waals surface area contributed by atoms with E-state index in [2.05, 4.69) is 5.32 Å². The molecule has 0 saturated carbocycles. The first-order chi connectivity index (χ1) is 20.4. The van der Waals surface area contributed by atoms with Crippen molar-refractivity contribution in [2.45, 2.75) is 19.5 Å². The molecule has 0 aliphatic heterocycles. The maximum Gasteiger partial charge on any atom is 0.305 e. The highest BCUT2D eigenvalue weighted by atomic mass is 19.1. The van der Waals surface area contributed by atoms with Crippen LogP contribution in [-0.4, -0.2) is 34.3 Å². The Balaban J connectivity index is 1.44. The molecule has 0 bridgehead atoms. The van der Waals surface area contributed by atoms with Gasteiger partial charge in [0, 0.05) is 30.8 Å². The number of carbonyl (C=O) groups excluding carboxylic acids is 2. The van der Waals surface area contributed by atoms with Crippen molar-refractivity contribution < 1.29 is 23.9 Å². The molecule has 2 N–H and O–H groups in total. The predicted octanol–water partition coefficient (Wildman–Crippen LogP) is 6.69. The first kappa shape index (κ1) is 28.2. The smallest absolute Gasteiger partial charge is 0.305 e. The van der Waals surface area contributed by atoms with Crippen LogP contribution in [0.2, 0.25) is 0 Å². The first-order valence-corrected chi connectivity index (χ1v) is 13.6. The highest BCUT2D eigenvalue weighted by Crippen LogP contribution is 2.29. The SMILES string of the molecule is O=C(O)CCN(Cc1ccc(F)cc1)C(=O)c1ccccc1-c1ccccc1C(=O)NCc1cccc2ccccc12. The van der Waals surface area contributed by atoms with Crippen LogP contribution in [0.1, 0.15) is 38.3 Å². The molecular formula is C35H29FN2O4. The van der Waals surface area contributed by atoms with Crippen LogP contribution in [0.15, 0.2) is 115 Å². The molecule has 5 rings (SSSR count). The molecule has 0 unspecified atom stereocenters. The monoisotopic (exact) mass is 560 g/mol. The van der Waals surface area contributed by atoms with Crippen LogP contribution in [0.4, 0.5) is 4.39 Å². The van der Waals surface area contributed by atoms with Gasteiger partial charge < -0.3 is 15.3 Å². The van der Waals surface area contributed by atoms with Gasteiger partial charge in [-0.05, 0) is 57.3 Å². The van der Waals surface area contributed by atoms with Gasteiger partial charge in [-0.15, -0.1) is 0 Å². The Kier molecular flexibility index (Phi) is 8.68. The van der Waals surface area contributed by atoms with Crippen LogP contribution in [0.5, 0.6) is 0 Å². The summed E-state index contributed by atoms with van der Waals surface area (Å²) in [7, 11) is 0. The largest absolute Gasteiger partial charge is 0.481 e. The minimum absolute atomic E-state index is 0.0347. The molecule has 210 valence electrons. The minimum atomic E-state index is -1.03. The molecule has 0 spiro atoms. The molecule has 0 aromatic heterocycles. The van der Waals surface area contributed by atoms with Crippen LogP contribution in [0, 0.1) is 5.82 Å². The first-order valence-electron chi connectivity index (χ1n) is 13.6. The summed E-state index contributed by atoms with van der Waals surface area (Å²) in [5, 5.41) is 14.5. The van der Waals surface area contributed by atoms with Gasteiger partial charge in [0.2, 0.25) is 0 Å². The second kappa shape index (κ2) is 12.9. The Labute approximate surface area is 243 Å². The van der Waals surface area contributed by atoms with E-state index in [1.54, 1.807) is 60.7 Å². The normalized spacial score (nSPS) is 10.8. The molecule has 0 radical (unpaired) electrons. The van der Waals surface area contributed by atoms with E-state index in [0.717, 1.165) is 16.3 Å². The Bertz CT molecular complexity index is 1750. The number of nitrogens with one attached hydrogen (secondary N) is 1. The summed E-state index contributed by atoms with van der Waals surface area (Å²) in [6, 6.07) is 33.7. The highest BCUT2D eigenvalue weighted by Gasteiger charge is 2.23. The lowest BCUT2D eigenvalue weighted by molar-refractivity contribution is -0.137. The molecule has 7 heteroatoms. The Morgan fingerprint density at radius 2 is 1.33 bits per heavy atom. The molecular weight excluding hydrogens is 531 g/mol. The van der Waals surface area contributed by atoms with Gasteiger partial charge >= 0.3 is 5.97 Å². The fourth-order valence-electron chi connectivity index (χ4n) is 5.00. The summed E-state index contributed by atoms with van der Waals surface area (Å²) in [6.45, 7) is 0.399. The highest BCUT2D eigenvalue weighted by molar-refractivity contribution is 6.06. The average molecular weight is 561 g/mol. The Morgan fingerprint density at radius 1 is 0.714 bits per heavy atom. The van der Waals surface area contributed by atoms with Crippen molar-refractivity contribution in [3.8, 4) is 11.1 Å². The van der Waals surface area contributed by atoms with Gasteiger partial charge in [0.25, 0.3) is 11.8 Å². The van der Waals surface area contributed by atoms with Gasteiger partial charge in [-0.1, -0.05) is 91.0 Å². The molecule has 2 amide bonds. The maximum absolute atomic E-state index is 13.9. The standard InChI is InChI=1S/C35H29FN2O4/c36-27-18-16-24(17-19-27)23-38(21-20-33(39)40)35(42)32-15-6-4-13-30(32)29-12-3-5-14-31(29)34(41)37-22-26-10-7-9-25-8-1-2-11-28(25)26/h1-19H,20-23H2,(H,37,41)(H,39,40). The number of fused-ring (bicyclic) bond motifs is 1. The predicted molar refractivity (Wildman–Crippen MR) is 160 cm³/mol. The van der Waals surface area contributed by atoms with E-state index in [-0.39, 0.29) is 31.3 Å². The Morgan fingerprint density at radius 3 is 2.07 bits per heavy atom. The van der Waals surface area contributed by atoms with Gasteiger partial charge in [-0.25, -0.2) is 4.39 Å². The number of hydrogen-bond donors (Lipinski definition) is 2. The lowest BCUT2D eigenvalue weighted by atomic mass is 9.94. The molecule has 0 aliphatic carbocycles. The van der Waals surface area contributed by atoms with Crippen LogP contribution < -0.4 is 5.32 Å². The van der Waals surface area contributed by atoms with E-state index in [1.807, 2.05) is 42.5 Å². The van der Waals surface area contributed by atoms with E-state index < -0.39 is 11.8 Å². The van der Waals surface area contributed by atoms with Gasteiger partial charge in [-0.3, -0.25) is 14.4 Å². The summed E-state index contributed by atoms with van der Waals surface area (Å²) < 4.78 is 13.5. The van der Waals surface area contributed by atoms with E-state index in [4.69, 9.17) is 0 Å². The summed E-state index contributed by atoms with van der Waals surface area (Å²) >= 11 is 0. The topological polar surface area (TPSA) is 86.7 Å². The molecule has 0 fully saturated rings. The number of hydrogen-bond acceptors (Lipinski definition) is 3. The average Bonchev–Trinajstić information content (AvgIpc) is 3.02. The molecule has 0 aliphatic rings. The molecule has 0 atom stereocenters. The van der Waals surface area contributed by atoms with Gasteiger partial charge in [0.05, 0.1) is 6.42 Å². The summed E-state index contributed by atoms with van der Waals surface area (Å²) in [5.74, 6) is -2.10. The van der Waals surface area contributed by atoms with Crippen molar-refractivity contribution >= 4 is 28.6 Å². The molecule has 0 heterocycles. The number of carboxylic acid groups (broad SMARTS) is 1. The molecule has 5 aromatic carbocycles. The molecule has 5 aromatic rings. The van der Waals surface area contributed by atoms with Crippen LogP contribution in [-0.2, 0) is 17.9 Å². The van der Waals surface area contributed by atoms with E-state index in [9.17, 15) is 23.9 Å². The summed E-state index contributed by atoms with van der Waals surface area (Å²) in [5.41, 5.74) is 3.53. The zero-order valence-electron chi connectivity index (χ0n) is 22.8. The van der Waals surface area contributed by atoms with Gasteiger partial charge in [0.15, 0.2) is 0 Å². The number of rotatable bonds is 10. The lowest BCUT2D eigenvalue weighted by Crippen LogP contribution is -2.33. The number of carboxylic acids is 1. The zero-order chi connectivity index (χ0) is 29.5. The van der Waals surface area contributed by atoms with Crippen LogP contribution in [0.25, 0.3) is 21.9 Å². The number of carbonyl (C=O) groups is 3. The summed E-state index contributed by atoms with van der Waals surface area (Å²) in [4.78, 5) is 40.2. The third kappa shape index (κ3) is 6.53. The molecule has 42 heavy (non-hydrogen) atoms. The third-order valence-corrected chi connectivity index (χ3v) is 7.11. The van der Waals surface area contributed by atoms with Crippen molar-refractivity contribution in [3.05, 3.63) is 143 Å². The lowest BCUT2D eigenvalue weighted by Gasteiger charge is -2.24. The second-order valence-electron chi connectivity index (χ2n) is 9.91. The van der Waals surface area contributed by atoms with Crippen molar-refractivity contribution in [1.29, 1.82) is 0 Å². The zero-order valence-corrected chi connectivity index (χ0v) is 22.8. The maximum atomic E-state index is 13.9. The number of nitrogens with zero attached hydrogens (tertiary/aromatic N) is 1. The second-order valence-corrected chi connectivity index (χ2v) is 9.91. The number of aliphatic carboxylic acids is 1. The van der Waals surface area contributed by atoms with E-state index in [1.165, 1.54) is 17.0 Å². The third-order valence-electron chi connectivity index (χ3n) is 7.11. The van der Waals surface area contributed by atoms with E-state index >= 15 is 0 Å². The van der Waals surface area contributed by atoms with Crippen molar-refractivity contribution in [2.24, 2.45) is 0 Å². The van der Waals surface area contributed by atoms with Crippen molar-refractivity contribution in [3.63, 3.8) is 0 Å². The number of benzene rings is 5. The van der Waals surface area contributed by atoms with Gasteiger partial charge in [-0.2, -0.15) is 0 Å². The minimum Gasteiger partial charge on any atom is -0.481 e. The number of amides is 2. The van der Waals surface area contributed by atoms with Crippen LogP contribution in [0.3, 0.4) is 0 Å². The Hall–Kier alpha value is -5.30.